The lowest BCUT2D eigenvalue weighted by Gasteiger charge is -2.36. The molecule has 1 heteroatoms. The summed E-state index contributed by atoms with van der Waals surface area (Å²) in [5, 5.41) is 3.95. The molecule has 1 aliphatic rings. The summed E-state index contributed by atoms with van der Waals surface area (Å²) in [7, 11) is 0. The minimum atomic E-state index is 0.271. The Morgan fingerprint density at radius 2 is 1.63 bits per heavy atom. The molecule has 1 saturated carbocycles. The van der Waals surface area contributed by atoms with Crippen LogP contribution in [0, 0.1) is 11.3 Å². The zero-order valence-corrected chi connectivity index (χ0v) is 14.3. The highest BCUT2D eigenvalue weighted by molar-refractivity contribution is 4.87. The summed E-state index contributed by atoms with van der Waals surface area (Å²) in [6, 6.07) is 0.749. The van der Waals surface area contributed by atoms with Crippen LogP contribution in [0.3, 0.4) is 0 Å². The van der Waals surface area contributed by atoms with Crippen molar-refractivity contribution < 1.29 is 0 Å². The molecule has 0 aliphatic heterocycles. The third-order valence-corrected chi connectivity index (χ3v) is 4.35. The molecule has 1 rings (SSSR count). The highest BCUT2D eigenvalue weighted by Gasteiger charge is 2.28. The van der Waals surface area contributed by atoms with Gasteiger partial charge in [0.2, 0.25) is 0 Å². The maximum atomic E-state index is 3.95. The highest BCUT2D eigenvalue weighted by Crippen LogP contribution is 2.31. The van der Waals surface area contributed by atoms with Crippen molar-refractivity contribution in [1.29, 1.82) is 0 Å². The number of rotatable bonds is 5. The monoisotopic (exact) mass is 267 g/mol. The zero-order valence-electron chi connectivity index (χ0n) is 14.3. The molecule has 0 radical (unpaired) electrons. The van der Waals surface area contributed by atoms with E-state index in [2.05, 4.69) is 46.9 Å². The fourth-order valence-electron chi connectivity index (χ4n) is 4.15. The van der Waals surface area contributed by atoms with E-state index in [0.29, 0.717) is 5.41 Å². The molecule has 0 aromatic rings. The molecular weight excluding hydrogens is 230 g/mol. The SMILES string of the molecule is CCCC1CCCC(NC(C)(C)CC(C)(C)C)CC1. The van der Waals surface area contributed by atoms with Gasteiger partial charge in [-0.25, -0.2) is 0 Å². The van der Waals surface area contributed by atoms with Crippen LogP contribution in [0.5, 0.6) is 0 Å². The molecule has 1 fully saturated rings. The van der Waals surface area contributed by atoms with E-state index in [0.717, 1.165) is 12.0 Å². The van der Waals surface area contributed by atoms with Gasteiger partial charge in [-0.1, -0.05) is 53.4 Å². The largest absolute Gasteiger partial charge is 0.309 e. The first kappa shape index (κ1) is 17.0. The maximum Gasteiger partial charge on any atom is 0.0132 e. The lowest BCUT2D eigenvalue weighted by Crippen LogP contribution is -2.47. The molecule has 0 bridgehead atoms. The van der Waals surface area contributed by atoms with E-state index >= 15 is 0 Å². The Morgan fingerprint density at radius 1 is 0.947 bits per heavy atom. The van der Waals surface area contributed by atoms with Crippen LogP contribution in [-0.2, 0) is 0 Å². The minimum Gasteiger partial charge on any atom is -0.309 e. The van der Waals surface area contributed by atoms with Gasteiger partial charge in [-0.3, -0.25) is 0 Å². The smallest absolute Gasteiger partial charge is 0.0132 e. The Bertz CT molecular complexity index is 249. The van der Waals surface area contributed by atoms with Crippen molar-refractivity contribution in [2.45, 2.75) is 104 Å². The van der Waals surface area contributed by atoms with Crippen LogP contribution < -0.4 is 5.32 Å². The molecule has 0 aromatic carbocycles. The van der Waals surface area contributed by atoms with Gasteiger partial charge < -0.3 is 5.32 Å². The van der Waals surface area contributed by atoms with Gasteiger partial charge in [-0.2, -0.15) is 0 Å². The van der Waals surface area contributed by atoms with Crippen molar-refractivity contribution in [2.24, 2.45) is 11.3 Å². The van der Waals surface area contributed by atoms with Gasteiger partial charge in [0.1, 0.15) is 0 Å². The first-order valence-corrected chi connectivity index (χ1v) is 8.49. The molecule has 0 amide bonds. The van der Waals surface area contributed by atoms with Gasteiger partial charge in [-0.15, -0.1) is 0 Å². The standard InChI is InChI=1S/C18H37N/c1-7-9-15-10-8-11-16(13-12-15)19-18(5,6)14-17(2,3)4/h15-16,19H,7-14H2,1-6H3. The van der Waals surface area contributed by atoms with E-state index in [9.17, 15) is 0 Å². The van der Waals surface area contributed by atoms with Crippen LogP contribution in [-0.4, -0.2) is 11.6 Å². The van der Waals surface area contributed by atoms with Crippen molar-refractivity contribution in [3.63, 3.8) is 0 Å². The molecule has 1 N–H and O–H groups in total. The minimum absolute atomic E-state index is 0.271. The average molecular weight is 268 g/mol. The highest BCUT2D eigenvalue weighted by atomic mass is 15.0. The van der Waals surface area contributed by atoms with Crippen molar-refractivity contribution in [3.05, 3.63) is 0 Å². The van der Waals surface area contributed by atoms with Crippen LogP contribution in [0.2, 0.25) is 0 Å². The molecule has 0 heterocycles. The third kappa shape index (κ3) is 7.34. The topological polar surface area (TPSA) is 12.0 Å². The van der Waals surface area contributed by atoms with Crippen LogP contribution in [0.1, 0.15) is 92.9 Å². The molecule has 2 unspecified atom stereocenters. The van der Waals surface area contributed by atoms with E-state index in [1.807, 2.05) is 0 Å². The van der Waals surface area contributed by atoms with Crippen LogP contribution in [0.4, 0.5) is 0 Å². The molecular formula is C18H37N. The van der Waals surface area contributed by atoms with E-state index in [4.69, 9.17) is 0 Å². The van der Waals surface area contributed by atoms with E-state index in [1.54, 1.807) is 0 Å². The van der Waals surface area contributed by atoms with Crippen LogP contribution in [0.15, 0.2) is 0 Å². The predicted octanol–water partition coefficient (Wildman–Crippen LogP) is 5.54. The lowest BCUT2D eigenvalue weighted by molar-refractivity contribution is 0.215. The normalized spacial score (nSPS) is 26.2. The fraction of sp³-hybridized carbons (Fsp3) is 1.00. The van der Waals surface area contributed by atoms with Gasteiger partial charge in [0, 0.05) is 11.6 Å². The Kier molecular flexibility index (Phi) is 6.36. The van der Waals surface area contributed by atoms with E-state index in [1.165, 1.54) is 51.4 Å². The van der Waals surface area contributed by atoms with Gasteiger partial charge in [-0.05, 0) is 50.9 Å². The molecule has 19 heavy (non-hydrogen) atoms. The maximum absolute atomic E-state index is 3.95. The summed E-state index contributed by atoms with van der Waals surface area (Å²) in [6.45, 7) is 14.1. The second kappa shape index (κ2) is 7.11. The van der Waals surface area contributed by atoms with Gasteiger partial charge in [0.05, 0.1) is 0 Å². The molecule has 0 spiro atoms. The van der Waals surface area contributed by atoms with Crippen LogP contribution in [0.25, 0.3) is 0 Å². The van der Waals surface area contributed by atoms with Crippen molar-refractivity contribution in [2.75, 3.05) is 0 Å². The van der Waals surface area contributed by atoms with E-state index < -0.39 is 0 Å². The van der Waals surface area contributed by atoms with Crippen LogP contribution >= 0.6 is 0 Å². The first-order valence-electron chi connectivity index (χ1n) is 8.49. The molecule has 1 aliphatic carbocycles. The summed E-state index contributed by atoms with van der Waals surface area (Å²) in [6.07, 6.45) is 11.1. The van der Waals surface area contributed by atoms with Crippen molar-refractivity contribution in [3.8, 4) is 0 Å². The molecule has 0 aromatic heterocycles. The fourth-order valence-corrected chi connectivity index (χ4v) is 4.15. The molecule has 114 valence electrons. The quantitative estimate of drug-likeness (QED) is 0.645. The molecule has 1 nitrogen and oxygen atoms in total. The second-order valence-electron chi connectivity index (χ2n) is 8.63. The number of nitrogens with one attached hydrogen (secondary N) is 1. The number of hydrogen-bond donors (Lipinski definition) is 1. The van der Waals surface area contributed by atoms with Crippen molar-refractivity contribution in [1.82, 2.24) is 5.32 Å². The lowest BCUT2D eigenvalue weighted by atomic mass is 9.81. The Hall–Kier alpha value is -0.0400. The summed E-state index contributed by atoms with van der Waals surface area (Å²) in [4.78, 5) is 0. The second-order valence-corrected chi connectivity index (χ2v) is 8.63. The van der Waals surface area contributed by atoms with Gasteiger partial charge in [0.15, 0.2) is 0 Å². The third-order valence-electron chi connectivity index (χ3n) is 4.35. The summed E-state index contributed by atoms with van der Waals surface area (Å²) in [5.41, 5.74) is 0.680. The summed E-state index contributed by atoms with van der Waals surface area (Å²) in [5.74, 6) is 1.00. The Labute approximate surface area is 121 Å². The predicted molar refractivity (Wildman–Crippen MR) is 86.6 cm³/mol. The van der Waals surface area contributed by atoms with Gasteiger partial charge in [0.25, 0.3) is 0 Å². The summed E-state index contributed by atoms with van der Waals surface area (Å²) >= 11 is 0. The molecule has 0 saturated heterocycles. The van der Waals surface area contributed by atoms with E-state index in [-0.39, 0.29) is 5.54 Å². The first-order chi connectivity index (χ1) is 8.72. The van der Waals surface area contributed by atoms with Crippen molar-refractivity contribution >= 4 is 0 Å². The Morgan fingerprint density at radius 3 is 2.21 bits per heavy atom. The molecule has 2 atom stereocenters. The van der Waals surface area contributed by atoms with Gasteiger partial charge >= 0.3 is 0 Å². The average Bonchev–Trinajstić information content (AvgIpc) is 2.40. The zero-order chi connectivity index (χ0) is 14.5. The summed E-state index contributed by atoms with van der Waals surface area (Å²) < 4.78 is 0. The number of hydrogen-bond acceptors (Lipinski definition) is 1. The Balaban J connectivity index is 2.44.